The molecule has 3 heteroatoms. The SMILES string of the molecule is CC#[C][Sn]([C]#CC)([N](CC)CC)[N](CC)CC. The van der Waals surface area contributed by atoms with E-state index in [1.807, 2.05) is 13.8 Å². The monoisotopic (exact) mass is 342 g/mol. The molecule has 0 unspecified atom stereocenters. The molecular formula is C14H26N2Sn. The van der Waals surface area contributed by atoms with Crippen LogP contribution in [0, 0.1) is 19.7 Å². The van der Waals surface area contributed by atoms with Crippen molar-refractivity contribution in [3.05, 3.63) is 0 Å². The van der Waals surface area contributed by atoms with Gasteiger partial charge in [0.25, 0.3) is 0 Å². The van der Waals surface area contributed by atoms with E-state index in [1.54, 1.807) is 0 Å². The zero-order valence-corrected chi connectivity index (χ0v) is 15.1. The Bertz CT molecular complexity index is 288. The van der Waals surface area contributed by atoms with E-state index < -0.39 is 18.9 Å². The van der Waals surface area contributed by atoms with E-state index >= 15 is 0 Å². The summed E-state index contributed by atoms with van der Waals surface area (Å²) in [5.74, 6) is 6.30. The van der Waals surface area contributed by atoms with Crippen molar-refractivity contribution < 1.29 is 0 Å². The molecule has 0 atom stereocenters. The van der Waals surface area contributed by atoms with Gasteiger partial charge in [0.15, 0.2) is 0 Å². The van der Waals surface area contributed by atoms with Crippen LogP contribution in [0.25, 0.3) is 0 Å². The van der Waals surface area contributed by atoms with E-state index in [1.165, 1.54) is 0 Å². The minimum absolute atomic E-state index is 1.05. The predicted octanol–water partition coefficient (Wildman–Crippen LogP) is 2.24. The Morgan fingerprint density at radius 1 is 0.706 bits per heavy atom. The molecule has 0 bridgehead atoms. The van der Waals surface area contributed by atoms with Gasteiger partial charge in [-0.25, -0.2) is 0 Å². The summed E-state index contributed by atoms with van der Waals surface area (Å²) in [6, 6.07) is 0. The standard InChI is InChI=1S/2C4H10N.2C3H3.Sn/c2*1-3-5-4-2;2*1-3-2;/h2*3-4H2,1-2H3;2*1H3;/q2*-1;;;+2. The fraction of sp³-hybridized carbons (Fsp3) is 0.714. The van der Waals surface area contributed by atoms with Crippen LogP contribution in [0.1, 0.15) is 41.5 Å². The molecular weight excluding hydrogens is 315 g/mol. The average molecular weight is 341 g/mol. The molecule has 0 fully saturated rings. The molecule has 0 aromatic heterocycles. The molecule has 0 aromatic rings. The third-order valence-corrected chi connectivity index (χ3v) is 15.3. The second kappa shape index (κ2) is 8.86. The summed E-state index contributed by atoms with van der Waals surface area (Å²) in [6.07, 6.45) is 0. The van der Waals surface area contributed by atoms with Crippen LogP contribution in [0.15, 0.2) is 0 Å². The van der Waals surface area contributed by atoms with E-state index in [0.717, 1.165) is 26.2 Å². The summed E-state index contributed by atoms with van der Waals surface area (Å²) in [4.78, 5) is 0. The van der Waals surface area contributed by atoms with Gasteiger partial charge in [-0.15, -0.1) is 0 Å². The van der Waals surface area contributed by atoms with E-state index in [9.17, 15) is 0 Å². The molecule has 0 radical (unpaired) electrons. The van der Waals surface area contributed by atoms with Crippen molar-refractivity contribution >= 4 is 18.9 Å². The van der Waals surface area contributed by atoms with Crippen molar-refractivity contribution in [1.82, 2.24) is 6.24 Å². The molecule has 0 aromatic carbocycles. The molecule has 0 saturated heterocycles. The Morgan fingerprint density at radius 2 is 1.00 bits per heavy atom. The molecule has 0 aliphatic rings. The van der Waals surface area contributed by atoms with Gasteiger partial charge in [-0.05, 0) is 0 Å². The van der Waals surface area contributed by atoms with Crippen molar-refractivity contribution in [3.8, 4) is 19.7 Å². The summed E-state index contributed by atoms with van der Waals surface area (Å²) in [5.41, 5.74) is 0. The van der Waals surface area contributed by atoms with Gasteiger partial charge in [0.05, 0.1) is 0 Å². The van der Waals surface area contributed by atoms with E-state index in [0.29, 0.717) is 0 Å². The normalized spacial score (nSPS) is 10.8. The molecule has 0 amide bonds. The van der Waals surface area contributed by atoms with E-state index in [-0.39, 0.29) is 0 Å². The van der Waals surface area contributed by atoms with Gasteiger partial charge >= 0.3 is 113 Å². The van der Waals surface area contributed by atoms with Crippen LogP contribution in [0.3, 0.4) is 0 Å². The first-order chi connectivity index (χ1) is 8.16. The summed E-state index contributed by atoms with van der Waals surface area (Å²) in [5, 5.41) is 0. The Labute approximate surface area is 112 Å². The second-order valence-electron chi connectivity index (χ2n) is 3.77. The van der Waals surface area contributed by atoms with E-state index in [2.05, 4.69) is 53.7 Å². The predicted molar refractivity (Wildman–Crippen MR) is 78.5 cm³/mol. The quantitative estimate of drug-likeness (QED) is 0.540. The Kier molecular flexibility index (Phi) is 8.78. The summed E-state index contributed by atoms with van der Waals surface area (Å²) < 4.78 is 12.2. The molecule has 96 valence electrons. The zero-order chi connectivity index (χ0) is 13.3. The van der Waals surface area contributed by atoms with E-state index in [4.69, 9.17) is 0 Å². The fourth-order valence-corrected chi connectivity index (χ4v) is 12.6. The van der Waals surface area contributed by atoms with Gasteiger partial charge in [0.2, 0.25) is 0 Å². The van der Waals surface area contributed by atoms with Gasteiger partial charge in [-0.2, -0.15) is 0 Å². The van der Waals surface area contributed by atoms with Crippen molar-refractivity contribution in [2.45, 2.75) is 41.5 Å². The molecule has 0 N–H and O–H groups in total. The molecule has 0 saturated carbocycles. The van der Waals surface area contributed by atoms with Crippen LogP contribution in [0.4, 0.5) is 0 Å². The molecule has 0 spiro atoms. The van der Waals surface area contributed by atoms with Gasteiger partial charge in [0.1, 0.15) is 0 Å². The van der Waals surface area contributed by atoms with Gasteiger partial charge in [-0.1, -0.05) is 0 Å². The van der Waals surface area contributed by atoms with Crippen LogP contribution >= 0.6 is 0 Å². The maximum absolute atomic E-state index is 3.54. The van der Waals surface area contributed by atoms with Crippen molar-refractivity contribution in [2.75, 3.05) is 26.2 Å². The van der Waals surface area contributed by atoms with Crippen LogP contribution in [-0.2, 0) is 0 Å². The number of hydrogen-bond acceptors (Lipinski definition) is 2. The van der Waals surface area contributed by atoms with Gasteiger partial charge in [0, 0.05) is 0 Å². The first-order valence-electron chi connectivity index (χ1n) is 6.54. The average Bonchev–Trinajstić information content (AvgIpc) is 2.32. The summed E-state index contributed by atoms with van der Waals surface area (Å²) in [6.45, 7) is 16.9. The van der Waals surface area contributed by atoms with Crippen LogP contribution < -0.4 is 0 Å². The zero-order valence-electron chi connectivity index (χ0n) is 12.2. The van der Waals surface area contributed by atoms with Crippen LogP contribution in [-0.4, -0.2) is 51.3 Å². The van der Waals surface area contributed by atoms with Crippen molar-refractivity contribution in [1.29, 1.82) is 0 Å². The third kappa shape index (κ3) is 3.91. The van der Waals surface area contributed by atoms with Crippen LogP contribution in [0.5, 0.6) is 0 Å². The Morgan fingerprint density at radius 3 is 1.18 bits per heavy atom. The van der Waals surface area contributed by atoms with Gasteiger partial charge < -0.3 is 0 Å². The van der Waals surface area contributed by atoms with Crippen molar-refractivity contribution in [2.24, 2.45) is 0 Å². The molecule has 17 heavy (non-hydrogen) atoms. The molecule has 0 rings (SSSR count). The molecule has 0 aliphatic heterocycles. The first kappa shape index (κ1) is 16.8. The Hall–Kier alpha value is -0.161. The van der Waals surface area contributed by atoms with Crippen LogP contribution in [0.2, 0.25) is 0 Å². The summed E-state index contributed by atoms with van der Waals surface area (Å²) >= 11 is -2.98. The number of hydrogen-bond donors (Lipinski definition) is 0. The summed E-state index contributed by atoms with van der Waals surface area (Å²) in [7, 11) is 0. The molecule has 0 heterocycles. The molecule has 2 nitrogen and oxygen atoms in total. The topological polar surface area (TPSA) is 6.48 Å². The first-order valence-corrected chi connectivity index (χ1v) is 11.9. The fourth-order valence-electron chi connectivity index (χ4n) is 2.26. The molecule has 0 aliphatic carbocycles. The maximum atomic E-state index is 3.54. The van der Waals surface area contributed by atoms with Crippen molar-refractivity contribution in [3.63, 3.8) is 0 Å². The Balaban J connectivity index is 5.66. The third-order valence-electron chi connectivity index (χ3n) is 3.04. The number of nitrogens with zero attached hydrogens (tertiary/aromatic N) is 2. The number of rotatable bonds is 6. The second-order valence-corrected chi connectivity index (χ2v) is 12.6. The van der Waals surface area contributed by atoms with Gasteiger partial charge in [-0.3, -0.25) is 0 Å². The minimum atomic E-state index is -2.98.